The maximum atomic E-state index is 10.6. The van der Waals surface area contributed by atoms with Crippen LogP contribution in [-0.2, 0) is 19.0 Å². The number of hydrogen-bond donors (Lipinski definition) is 1. The van der Waals surface area contributed by atoms with Gasteiger partial charge in [-0.2, -0.15) is 0 Å². The molecule has 2 aromatic rings. The molecule has 5 nitrogen and oxygen atoms in total. The lowest BCUT2D eigenvalue weighted by molar-refractivity contribution is 0.0489. The molecule has 0 amide bonds. The van der Waals surface area contributed by atoms with Crippen molar-refractivity contribution in [3.8, 4) is 0 Å². The van der Waals surface area contributed by atoms with Crippen LogP contribution in [0.1, 0.15) is 56.2 Å². The van der Waals surface area contributed by atoms with Gasteiger partial charge in [-0.25, -0.2) is 9.97 Å². The zero-order valence-corrected chi connectivity index (χ0v) is 15.9. The second-order valence-electron chi connectivity index (χ2n) is 7.85. The largest absolute Gasteiger partial charge is 0.385 e. The number of aromatic nitrogens is 3. The molecule has 0 aliphatic carbocycles. The fourth-order valence-electron chi connectivity index (χ4n) is 3.25. The summed E-state index contributed by atoms with van der Waals surface area (Å²) in [5, 5.41) is 14.0. The molecule has 0 aromatic carbocycles. The second kappa shape index (κ2) is 6.94. The molecule has 3 rings (SSSR count). The number of thiazole rings is 1. The second-order valence-corrected chi connectivity index (χ2v) is 8.71. The minimum Gasteiger partial charge on any atom is -0.385 e. The van der Waals surface area contributed by atoms with Crippen LogP contribution in [-0.4, -0.2) is 37.6 Å². The van der Waals surface area contributed by atoms with Gasteiger partial charge >= 0.3 is 0 Å². The predicted octanol–water partition coefficient (Wildman–Crippen LogP) is 3.12. The van der Waals surface area contributed by atoms with Gasteiger partial charge < -0.3 is 9.67 Å². The highest BCUT2D eigenvalue weighted by atomic mass is 32.1. The fourth-order valence-corrected chi connectivity index (χ4v) is 4.15. The molecule has 0 saturated carbocycles. The summed E-state index contributed by atoms with van der Waals surface area (Å²) in [4.78, 5) is 11.5. The Morgan fingerprint density at radius 2 is 2.04 bits per heavy atom. The summed E-state index contributed by atoms with van der Waals surface area (Å²) in [5.41, 5.74) is 1.30. The van der Waals surface area contributed by atoms with Crippen molar-refractivity contribution in [2.75, 3.05) is 13.1 Å². The van der Waals surface area contributed by atoms with Crippen molar-refractivity contribution in [1.29, 1.82) is 0 Å². The number of imidazole rings is 1. The lowest BCUT2D eigenvalue weighted by Gasteiger charge is -2.33. The number of aliphatic hydroxyl groups is 1. The van der Waals surface area contributed by atoms with Gasteiger partial charge in [-0.3, -0.25) is 4.90 Å². The van der Waals surface area contributed by atoms with Crippen molar-refractivity contribution in [3.05, 3.63) is 34.3 Å². The third kappa shape index (κ3) is 3.87. The normalized spacial score (nSPS) is 18.9. The Balaban J connectivity index is 1.54. The van der Waals surface area contributed by atoms with Crippen molar-refractivity contribution >= 4 is 11.3 Å². The molecule has 1 atom stereocenters. The standard InChI is InChI=1S/C18H28N4OS/c1-18(2,3)17-20-14(12-24-17)11-22-8-5-13(6-9-22)15(23)16-19-7-10-21(16)4/h7,10,12-13,15,23H,5-6,8-9,11H2,1-4H3. The fraction of sp³-hybridized carbons (Fsp3) is 0.667. The summed E-state index contributed by atoms with van der Waals surface area (Å²) in [6.07, 6.45) is 5.19. The Hall–Kier alpha value is -1.24. The number of aryl methyl sites for hydroxylation is 1. The van der Waals surface area contributed by atoms with Crippen LogP contribution in [0.5, 0.6) is 0 Å². The first-order chi connectivity index (χ1) is 11.3. The predicted molar refractivity (Wildman–Crippen MR) is 97.0 cm³/mol. The lowest BCUT2D eigenvalue weighted by atomic mass is 9.90. The molecule has 3 heterocycles. The van der Waals surface area contributed by atoms with E-state index in [2.05, 4.69) is 36.0 Å². The van der Waals surface area contributed by atoms with Crippen LogP contribution in [0, 0.1) is 5.92 Å². The van der Waals surface area contributed by atoms with E-state index < -0.39 is 6.10 Å². The SMILES string of the molecule is Cn1ccnc1C(O)C1CCN(Cc2csc(C(C)(C)C)n2)CC1. The van der Waals surface area contributed by atoms with Gasteiger partial charge in [-0.05, 0) is 31.8 Å². The summed E-state index contributed by atoms with van der Waals surface area (Å²) in [5.74, 6) is 1.07. The molecule has 1 aliphatic rings. The average Bonchev–Trinajstić information content (AvgIpc) is 3.16. The van der Waals surface area contributed by atoms with Crippen molar-refractivity contribution < 1.29 is 5.11 Å². The Bertz CT molecular complexity index is 665. The van der Waals surface area contributed by atoms with E-state index in [9.17, 15) is 5.11 Å². The molecule has 2 aromatic heterocycles. The van der Waals surface area contributed by atoms with E-state index in [1.807, 2.05) is 17.8 Å². The Morgan fingerprint density at radius 1 is 1.33 bits per heavy atom. The van der Waals surface area contributed by atoms with E-state index >= 15 is 0 Å². The lowest BCUT2D eigenvalue weighted by Crippen LogP contribution is -2.35. The van der Waals surface area contributed by atoms with E-state index in [1.165, 1.54) is 10.7 Å². The van der Waals surface area contributed by atoms with E-state index in [0.717, 1.165) is 38.3 Å². The average molecular weight is 349 g/mol. The van der Waals surface area contributed by atoms with Gasteiger partial charge in [0.15, 0.2) is 0 Å². The summed E-state index contributed by atoms with van der Waals surface area (Å²) < 4.78 is 1.92. The molecule has 0 spiro atoms. The quantitative estimate of drug-likeness (QED) is 0.922. The van der Waals surface area contributed by atoms with Gasteiger partial charge in [0.25, 0.3) is 0 Å². The van der Waals surface area contributed by atoms with Crippen molar-refractivity contribution in [2.45, 2.75) is 51.7 Å². The van der Waals surface area contributed by atoms with Crippen LogP contribution >= 0.6 is 11.3 Å². The van der Waals surface area contributed by atoms with Gasteiger partial charge in [0.05, 0.1) is 10.7 Å². The van der Waals surface area contributed by atoms with Crippen LogP contribution in [0.4, 0.5) is 0 Å². The molecule has 1 fully saturated rings. The number of likely N-dealkylation sites (tertiary alicyclic amines) is 1. The smallest absolute Gasteiger partial charge is 0.137 e. The highest BCUT2D eigenvalue weighted by Gasteiger charge is 2.28. The van der Waals surface area contributed by atoms with Crippen LogP contribution in [0.15, 0.2) is 17.8 Å². The third-order valence-corrected chi connectivity index (χ3v) is 6.10. The van der Waals surface area contributed by atoms with E-state index in [0.29, 0.717) is 5.92 Å². The monoisotopic (exact) mass is 348 g/mol. The molecule has 132 valence electrons. The summed E-state index contributed by atoms with van der Waals surface area (Å²) in [6.45, 7) is 9.56. The molecule has 0 bridgehead atoms. The molecular formula is C18H28N4OS. The number of hydrogen-bond acceptors (Lipinski definition) is 5. The molecule has 0 radical (unpaired) electrons. The van der Waals surface area contributed by atoms with Gasteiger partial charge in [0, 0.05) is 36.8 Å². The van der Waals surface area contributed by atoms with E-state index in [-0.39, 0.29) is 5.41 Å². The van der Waals surface area contributed by atoms with E-state index in [1.54, 1.807) is 17.5 Å². The Morgan fingerprint density at radius 3 is 2.58 bits per heavy atom. The third-order valence-electron chi connectivity index (χ3n) is 4.78. The van der Waals surface area contributed by atoms with Gasteiger partial charge in [0.2, 0.25) is 0 Å². The highest BCUT2D eigenvalue weighted by Crippen LogP contribution is 2.31. The first-order valence-electron chi connectivity index (χ1n) is 8.67. The van der Waals surface area contributed by atoms with Crippen LogP contribution in [0.2, 0.25) is 0 Å². The molecule has 6 heteroatoms. The van der Waals surface area contributed by atoms with Crippen molar-refractivity contribution in [3.63, 3.8) is 0 Å². The molecule has 1 unspecified atom stereocenters. The first kappa shape index (κ1) is 17.6. The van der Waals surface area contributed by atoms with Gasteiger partial charge in [0.1, 0.15) is 11.9 Å². The number of nitrogens with zero attached hydrogens (tertiary/aromatic N) is 4. The van der Waals surface area contributed by atoms with Crippen LogP contribution in [0.25, 0.3) is 0 Å². The zero-order valence-electron chi connectivity index (χ0n) is 15.1. The summed E-state index contributed by atoms with van der Waals surface area (Å²) in [6, 6.07) is 0. The number of rotatable bonds is 4. The van der Waals surface area contributed by atoms with Crippen molar-refractivity contribution in [1.82, 2.24) is 19.4 Å². The molecule has 1 aliphatic heterocycles. The van der Waals surface area contributed by atoms with Crippen LogP contribution in [0.3, 0.4) is 0 Å². The van der Waals surface area contributed by atoms with Crippen LogP contribution < -0.4 is 0 Å². The van der Waals surface area contributed by atoms with E-state index in [4.69, 9.17) is 4.98 Å². The van der Waals surface area contributed by atoms with Gasteiger partial charge in [-0.1, -0.05) is 20.8 Å². The molecule has 1 N–H and O–H groups in total. The highest BCUT2D eigenvalue weighted by molar-refractivity contribution is 7.09. The van der Waals surface area contributed by atoms with Gasteiger partial charge in [-0.15, -0.1) is 11.3 Å². The minimum atomic E-state index is -0.459. The zero-order chi connectivity index (χ0) is 17.3. The summed E-state index contributed by atoms with van der Waals surface area (Å²) >= 11 is 1.76. The maximum absolute atomic E-state index is 10.6. The first-order valence-corrected chi connectivity index (χ1v) is 9.55. The van der Waals surface area contributed by atoms with Crippen molar-refractivity contribution in [2.24, 2.45) is 13.0 Å². The maximum Gasteiger partial charge on any atom is 0.137 e. The Kier molecular flexibility index (Phi) is 5.08. The number of aliphatic hydroxyl groups excluding tert-OH is 1. The topological polar surface area (TPSA) is 54.2 Å². The molecular weight excluding hydrogens is 320 g/mol. The molecule has 24 heavy (non-hydrogen) atoms. The number of piperidine rings is 1. The minimum absolute atomic E-state index is 0.127. The molecule has 1 saturated heterocycles. The summed E-state index contributed by atoms with van der Waals surface area (Å²) in [7, 11) is 1.94. The Labute approximate surface area is 148 Å².